The molecule has 0 aliphatic carbocycles. The van der Waals surface area contributed by atoms with E-state index in [-0.39, 0.29) is 11.7 Å². The van der Waals surface area contributed by atoms with E-state index in [1.54, 1.807) is 12.1 Å². The summed E-state index contributed by atoms with van der Waals surface area (Å²) in [4.78, 5) is 14.5. The van der Waals surface area contributed by atoms with Crippen LogP contribution in [-0.4, -0.2) is 41.1 Å². The van der Waals surface area contributed by atoms with Crippen LogP contribution in [0.25, 0.3) is 0 Å². The quantitative estimate of drug-likeness (QED) is 0.881. The molecule has 0 bridgehead atoms. The molecule has 1 aromatic rings. The van der Waals surface area contributed by atoms with Gasteiger partial charge in [0, 0.05) is 24.2 Å². The summed E-state index contributed by atoms with van der Waals surface area (Å²) in [5, 5.41) is 13.3. The molecule has 2 fully saturated rings. The highest BCUT2D eigenvalue weighted by atomic mass is 16.3. The molecule has 0 radical (unpaired) electrons. The van der Waals surface area contributed by atoms with Gasteiger partial charge >= 0.3 is 0 Å². The predicted molar refractivity (Wildman–Crippen MR) is 77.6 cm³/mol. The molecule has 108 valence electrons. The van der Waals surface area contributed by atoms with E-state index >= 15 is 0 Å². The molecule has 1 amide bonds. The van der Waals surface area contributed by atoms with Gasteiger partial charge in [-0.2, -0.15) is 0 Å². The number of hydrogen-bond acceptors (Lipinski definition) is 3. The third-order valence-corrected chi connectivity index (χ3v) is 4.52. The number of para-hydroxylation sites is 1. The number of phenolic OH excluding ortho intramolecular Hbond substituents is 1. The SMILES string of the molecule is O=C(Cc1ccccc1O)N1CCCC1C1CCCN1. The van der Waals surface area contributed by atoms with Crippen LogP contribution in [0.4, 0.5) is 0 Å². The molecular formula is C16H22N2O2. The van der Waals surface area contributed by atoms with Crippen molar-refractivity contribution in [2.75, 3.05) is 13.1 Å². The zero-order valence-corrected chi connectivity index (χ0v) is 11.7. The zero-order chi connectivity index (χ0) is 13.9. The zero-order valence-electron chi connectivity index (χ0n) is 11.7. The maximum Gasteiger partial charge on any atom is 0.227 e. The highest BCUT2D eigenvalue weighted by molar-refractivity contribution is 5.80. The van der Waals surface area contributed by atoms with E-state index in [9.17, 15) is 9.90 Å². The number of nitrogens with one attached hydrogen (secondary N) is 1. The van der Waals surface area contributed by atoms with E-state index in [1.807, 2.05) is 17.0 Å². The van der Waals surface area contributed by atoms with Crippen molar-refractivity contribution in [3.05, 3.63) is 29.8 Å². The standard InChI is InChI=1S/C16H22N2O2/c19-15-8-2-1-5-12(15)11-16(20)18-10-4-7-14(18)13-6-3-9-17-13/h1-2,5,8,13-14,17,19H,3-4,6-7,9-11H2. The van der Waals surface area contributed by atoms with Gasteiger partial charge < -0.3 is 15.3 Å². The molecule has 2 saturated heterocycles. The summed E-state index contributed by atoms with van der Waals surface area (Å²) >= 11 is 0. The van der Waals surface area contributed by atoms with Crippen molar-refractivity contribution >= 4 is 5.91 Å². The molecule has 1 aromatic carbocycles. The predicted octanol–water partition coefficient (Wildman–Crippen LogP) is 1.68. The van der Waals surface area contributed by atoms with Gasteiger partial charge in [-0.1, -0.05) is 18.2 Å². The first-order valence-corrected chi connectivity index (χ1v) is 7.55. The third kappa shape index (κ3) is 2.66. The summed E-state index contributed by atoms with van der Waals surface area (Å²) in [7, 11) is 0. The van der Waals surface area contributed by atoms with Crippen LogP contribution in [0.5, 0.6) is 5.75 Å². The Hall–Kier alpha value is -1.55. The molecule has 0 saturated carbocycles. The largest absolute Gasteiger partial charge is 0.508 e. The van der Waals surface area contributed by atoms with Crippen LogP contribution < -0.4 is 5.32 Å². The fourth-order valence-corrected chi connectivity index (χ4v) is 3.49. The minimum absolute atomic E-state index is 0.141. The van der Waals surface area contributed by atoms with Crippen LogP contribution in [-0.2, 0) is 11.2 Å². The van der Waals surface area contributed by atoms with Gasteiger partial charge in [-0.3, -0.25) is 4.79 Å². The first-order chi connectivity index (χ1) is 9.75. The lowest BCUT2D eigenvalue weighted by Gasteiger charge is -2.29. The molecule has 2 unspecified atom stereocenters. The average Bonchev–Trinajstić information content (AvgIpc) is 3.11. The Labute approximate surface area is 119 Å². The average molecular weight is 274 g/mol. The van der Waals surface area contributed by atoms with Gasteiger partial charge in [0.25, 0.3) is 0 Å². The monoisotopic (exact) mass is 274 g/mol. The van der Waals surface area contributed by atoms with Gasteiger partial charge in [0.05, 0.1) is 6.42 Å². The topological polar surface area (TPSA) is 52.6 Å². The fraction of sp³-hybridized carbons (Fsp3) is 0.562. The van der Waals surface area contributed by atoms with Crippen LogP contribution in [0.15, 0.2) is 24.3 Å². The number of aromatic hydroxyl groups is 1. The Morgan fingerprint density at radius 3 is 2.90 bits per heavy atom. The van der Waals surface area contributed by atoms with Crippen molar-refractivity contribution < 1.29 is 9.90 Å². The maximum absolute atomic E-state index is 12.5. The van der Waals surface area contributed by atoms with Crippen LogP contribution in [0.1, 0.15) is 31.2 Å². The normalized spacial score (nSPS) is 26.1. The Bertz CT molecular complexity index is 483. The van der Waals surface area contributed by atoms with E-state index in [4.69, 9.17) is 0 Å². The Balaban J connectivity index is 1.68. The second-order valence-electron chi connectivity index (χ2n) is 5.81. The van der Waals surface area contributed by atoms with E-state index in [2.05, 4.69) is 5.32 Å². The van der Waals surface area contributed by atoms with E-state index in [0.29, 0.717) is 18.5 Å². The molecule has 2 atom stereocenters. The van der Waals surface area contributed by atoms with Gasteiger partial charge in [0.15, 0.2) is 0 Å². The van der Waals surface area contributed by atoms with Crippen molar-refractivity contribution in [1.29, 1.82) is 0 Å². The summed E-state index contributed by atoms with van der Waals surface area (Å²) in [6, 6.07) is 7.92. The van der Waals surface area contributed by atoms with Crippen LogP contribution in [0.2, 0.25) is 0 Å². The summed E-state index contributed by atoms with van der Waals surface area (Å²) in [6.07, 6.45) is 4.88. The Morgan fingerprint density at radius 1 is 1.30 bits per heavy atom. The van der Waals surface area contributed by atoms with Crippen LogP contribution in [0, 0.1) is 0 Å². The molecule has 2 aliphatic heterocycles. The summed E-state index contributed by atoms with van der Waals surface area (Å²) in [5.41, 5.74) is 0.725. The number of likely N-dealkylation sites (tertiary alicyclic amines) is 1. The Morgan fingerprint density at radius 2 is 2.15 bits per heavy atom. The number of rotatable bonds is 3. The minimum atomic E-state index is 0.141. The third-order valence-electron chi connectivity index (χ3n) is 4.52. The van der Waals surface area contributed by atoms with Crippen molar-refractivity contribution in [1.82, 2.24) is 10.2 Å². The number of phenols is 1. The van der Waals surface area contributed by atoms with Crippen molar-refractivity contribution in [3.63, 3.8) is 0 Å². The molecule has 4 nitrogen and oxygen atoms in total. The van der Waals surface area contributed by atoms with Gasteiger partial charge in [0.1, 0.15) is 5.75 Å². The number of carbonyl (C=O) groups excluding carboxylic acids is 1. The molecule has 4 heteroatoms. The smallest absolute Gasteiger partial charge is 0.227 e. The van der Waals surface area contributed by atoms with Gasteiger partial charge in [0.2, 0.25) is 5.91 Å². The molecule has 0 spiro atoms. The molecule has 0 aromatic heterocycles. The number of carbonyl (C=O) groups is 1. The second kappa shape index (κ2) is 5.83. The summed E-state index contributed by atoms with van der Waals surface area (Å²) in [6.45, 7) is 1.93. The number of amides is 1. The lowest BCUT2D eigenvalue weighted by molar-refractivity contribution is -0.131. The Kier molecular flexibility index (Phi) is 3.92. The number of hydrogen-bond donors (Lipinski definition) is 2. The van der Waals surface area contributed by atoms with Gasteiger partial charge in [-0.25, -0.2) is 0 Å². The van der Waals surface area contributed by atoms with Gasteiger partial charge in [-0.05, 0) is 38.3 Å². The molecule has 2 N–H and O–H groups in total. The van der Waals surface area contributed by atoms with Crippen molar-refractivity contribution in [3.8, 4) is 5.75 Å². The van der Waals surface area contributed by atoms with Crippen LogP contribution >= 0.6 is 0 Å². The van der Waals surface area contributed by atoms with Gasteiger partial charge in [-0.15, -0.1) is 0 Å². The highest BCUT2D eigenvalue weighted by Gasteiger charge is 2.35. The van der Waals surface area contributed by atoms with E-state index in [1.165, 1.54) is 12.8 Å². The highest BCUT2D eigenvalue weighted by Crippen LogP contribution is 2.26. The lowest BCUT2D eigenvalue weighted by Crippen LogP contribution is -2.47. The van der Waals surface area contributed by atoms with Crippen molar-refractivity contribution in [2.24, 2.45) is 0 Å². The summed E-state index contributed by atoms with van der Waals surface area (Å²) < 4.78 is 0. The second-order valence-corrected chi connectivity index (χ2v) is 5.81. The summed E-state index contributed by atoms with van der Waals surface area (Å²) in [5.74, 6) is 0.360. The number of nitrogens with zero attached hydrogens (tertiary/aromatic N) is 1. The first kappa shape index (κ1) is 13.4. The molecular weight excluding hydrogens is 252 g/mol. The van der Waals surface area contributed by atoms with E-state index < -0.39 is 0 Å². The van der Waals surface area contributed by atoms with E-state index in [0.717, 1.165) is 31.5 Å². The molecule has 20 heavy (non-hydrogen) atoms. The minimum Gasteiger partial charge on any atom is -0.508 e. The molecule has 2 heterocycles. The maximum atomic E-state index is 12.5. The fourth-order valence-electron chi connectivity index (χ4n) is 3.49. The number of benzene rings is 1. The van der Waals surface area contributed by atoms with Crippen LogP contribution in [0.3, 0.4) is 0 Å². The van der Waals surface area contributed by atoms with Crippen molar-refractivity contribution in [2.45, 2.75) is 44.2 Å². The lowest BCUT2D eigenvalue weighted by atomic mass is 10.0. The first-order valence-electron chi connectivity index (χ1n) is 7.55. The molecule has 3 rings (SSSR count). The molecule has 2 aliphatic rings.